The van der Waals surface area contributed by atoms with E-state index in [0.29, 0.717) is 0 Å². The monoisotopic (exact) mass is 269 g/mol. The zero-order chi connectivity index (χ0) is 13.2. The fourth-order valence-corrected chi connectivity index (χ4v) is 2.55. The van der Waals surface area contributed by atoms with Crippen molar-refractivity contribution in [1.29, 1.82) is 0 Å². The lowest BCUT2D eigenvalue weighted by Gasteiger charge is -2.09. The van der Waals surface area contributed by atoms with Crippen LogP contribution in [0.5, 0.6) is 0 Å². The van der Waals surface area contributed by atoms with E-state index in [-0.39, 0.29) is 5.69 Å². The summed E-state index contributed by atoms with van der Waals surface area (Å²) in [4.78, 5) is -0.520. The molecule has 2 rings (SSSR count). The fraction of sp³-hybridized carbons (Fsp3) is 0. The fourth-order valence-electron chi connectivity index (χ4n) is 1.41. The van der Waals surface area contributed by atoms with Crippen LogP contribution in [0.15, 0.2) is 53.4 Å². The maximum atomic E-state index is 13.4. The van der Waals surface area contributed by atoms with E-state index < -0.39 is 26.6 Å². The van der Waals surface area contributed by atoms with Crippen molar-refractivity contribution >= 4 is 15.7 Å². The van der Waals surface area contributed by atoms with Gasteiger partial charge in [-0.25, -0.2) is 17.2 Å². The Morgan fingerprint density at radius 2 is 1.39 bits per heavy atom. The third-order valence-corrected chi connectivity index (χ3v) is 3.64. The van der Waals surface area contributed by atoms with Gasteiger partial charge in [-0.15, -0.1) is 0 Å². The predicted molar refractivity (Wildman–Crippen MR) is 63.6 cm³/mol. The molecule has 0 aliphatic rings. The highest BCUT2D eigenvalue weighted by molar-refractivity contribution is 7.92. The van der Waals surface area contributed by atoms with Crippen molar-refractivity contribution in [2.45, 2.75) is 4.90 Å². The first-order chi connectivity index (χ1) is 8.50. The van der Waals surface area contributed by atoms with Crippen LogP contribution in [0.25, 0.3) is 0 Å². The van der Waals surface area contributed by atoms with E-state index in [2.05, 4.69) is 0 Å². The number of nitrogens with one attached hydrogen (secondary N) is 1. The molecule has 2 aromatic rings. The molecule has 0 amide bonds. The molecule has 0 bridgehead atoms. The summed E-state index contributed by atoms with van der Waals surface area (Å²) >= 11 is 0. The summed E-state index contributed by atoms with van der Waals surface area (Å²) in [6.07, 6.45) is 0. The lowest BCUT2D eigenvalue weighted by atomic mass is 10.3. The molecule has 94 valence electrons. The van der Waals surface area contributed by atoms with Crippen LogP contribution in [0.2, 0.25) is 0 Å². The summed E-state index contributed by atoms with van der Waals surface area (Å²) in [5.74, 6) is -1.61. The zero-order valence-corrected chi connectivity index (χ0v) is 9.92. The van der Waals surface area contributed by atoms with Crippen LogP contribution in [0.3, 0.4) is 0 Å². The van der Waals surface area contributed by atoms with E-state index in [4.69, 9.17) is 0 Å². The second-order valence-corrected chi connectivity index (χ2v) is 5.17. The van der Waals surface area contributed by atoms with E-state index in [1.807, 2.05) is 4.72 Å². The highest BCUT2D eigenvalue weighted by Gasteiger charge is 2.19. The minimum absolute atomic E-state index is 0.222. The number of benzene rings is 2. The van der Waals surface area contributed by atoms with E-state index >= 15 is 0 Å². The van der Waals surface area contributed by atoms with E-state index in [9.17, 15) is 17.2 Å². The molecule has 0 saturated heterocycles. The molecule has 0 fully saturated rings. The van der Waals surface area contributed by atoms with Gasteiger partial charge in [0.1, 0.15) is 16.5 Å². The van der Waals surface area contributed by atoms with Crippen molar-refractivity contribution in [3.05, 3.63) is 60.2 Å². The Hall–Kier alpha value is -1.95. The summed E-state index contributed by atoms with van der Waals surface area (Å²) in [6, 6.07) is 10.2. The smallest absolute Gasteiger partial charge is 0.264 e. The molecule has 0 atom stereocenters. The van der Waals surface area contributed by atoms with E-state index in [0.717, 1.165) is 18.2 Å². The van der Waals surface area contributed by atoms with Crippen LogP contribution in [-0.2, 0) is 10.0 Å². The van der Waals surface area contributed by atoms with E-state index in [1.165, 1.54) is 30.3 Å². The van der Waals surface area contributed by atoms with Crippen LogP contribution in [-0.4, -0.2) is 8.42 Å². The highest BCUT2D eigenvalue weighted by Crippen LogP contribution is 2.20. The Balaban J connectivity index is 2.40. The first-order valence-electron chi connectivity index (χ1n) is 5.02. The van der Waals surface area contributed by atoms with Gasteiger partial charge in [-0.1, -0.05) is 24.3 Å². The number of hydrogen-bond donors (Lipinski definition) is 1. The lowest BCUT2D eigenvalue weighted by molar-refractivity contribution is 0.569. The quantitative estimate of drug-likeness (QED) is 0.931. The number of hydrogen-bond acceptors (Lipinski definition) is 2. The van der Waals surface area contributed by atoms with Crippen molar-refractivity contribution in [2.75, 3.05) is 4.72 Å². The van der Waals surface area contributed by atoms with Gasteiger partial charge in [0.15, 0.2) is 0 Å². The van der Waals surface area contributed by atoms with Crippen LogP contribution in [0, 0.1) is 11.6 Å². The third kappa shape index (κ3) is 2.48. The molecule has 0 radical (unpaired) electrons. The number of para-hydroxylation sites is 1. The second-order valence-electron chi connectivity index (χ2n) is 3.52. The van der Waals surface area contributed by atoms with Crippen molar-refractivity contribution in [2.24, 2.45) is 0 Å². The molecular weight excluding hydrogens is 260 g/mol. The topological polar surface area (TPSA) is 46.2 Å². The Morgan fingerprint density at radius 1 is 0.833 bits per heavy atom. The molecule has 3 nitrogen and oxygen atoms in total. The molecule has 6 heteroatoms. The number of anilines is 1. The molecule has 18 heavy (non-hydrogen) atoms. The van der Waals surface area contributed by atoms with Crippen LogP contribution in [0.4, 0.5) is 14.5 Å². The first kappa shape index (κ1) is 12.5. The minimum atomic E-state index is -4.13. The van der Waals surface area contributed by atoms with E-state index in [1.54, 1.807) is 0 Å². The van der Waals surface area contributed by atoms with Gasteiger partial charge >= 0.3 is 0 Å². The van der Waals surface area contributed by atoms with Crippen molar-refractivity contribution < 1.29 is 17.2 Å². The molecule has 1 N–H and O–H groups in total. The van der Waals surface area contributed by atoms with Gasteiger partial charge in [0, 0.05) is 0 Å². The highest BCUT2D eigenvalue weighted by atomic mass is 32.2. The molecule has 0 aromatic heterocycles. The van der Waals surface area contributed by atoms with Crippen LogP contribution < -0.4 is 4.72 Å². The van der Waals surface area contributed by atoms with Crippen LogP contribution in [0.1, 0.15) is 0 Å². The van der Waals surface area contributed by atoms with Gasteiger partial charge in [0.05, 0.1) is 5.69 Å². The van der Waals surface area contributed by atoms with Crippen LogP contribution >= 0.6 is 0 Å². The molecule has 0 aliphatic heterocycles. The molecular formula is C12H9F2NO2S. The van der Waals surface area contributed by atoms with Gasteiger partial charge in [0.25, 0.3) is 10.0 Å². The maximum absolute atomic E-state index is 13.4. The normalized spacial score (nSPS) is 11.2. The summed E-state index contributed by atoms with van der Waals surface area (Å²) in [5, 5.41) is 0. The average Bonchev–Trinajstić information content (AvgIpc) is 2.32. The van der Waals surface area contributed by atoms with Crippen molar-refractivity contribution in [3.63, 3.8) is 0 Å². The Kier molecular flexibility index (Phi) is 3.29. The largest absolute Gasteiger partial charge is 0.277 e. The maximum Gasteiger partial charge on any atom is 0.264 e. The number of rotatable bonds is 3. The van der Waals surface area contributed by atoms with Gasteiger partial charge in [-0.3, -0.25) is 4.72 Å². The van der Waals surface area contributed by atoms with Crippen molar-refractivity contribution in [3.8, 4) is 0 Å². The standard InChI is InChI=1S/C12H9F2NO2S/c13-9-5-1-3-7-11(9)15-18(16,17)12-8-4-2-6-10(12)14/h1-8,15H. The Morgan fingerprint density at radius 3 is 2.00 bits per heavy atom. The van der Waals surface area contributed by atoms with Gasteiger partial charge in [-0.05, 0) is 24.3 Å². The second kappa shape index (κ2) is 4.73. The third-order valence-electron chi connectivity index (χ3n) is 2.24. The molecule has 0 spiro atoms. The summed E-state index contributed by atoms with van der Waals surface area (Å²) < 4.78 is 52.4. The first-order valence-corrected chi connectivity index (χ1v) is 6.51. The van der Waals surface area contributed by atoms with Crippen molar-refractivity contribution in [1.82, 2.24) is 0 Å². The molecule has 0 saturated carbocycles. The van der Waals surface area contributed by atoms with Gasteiger partial charge < -0.3 is 0 Å². The zero-order valence-electron chi connectivity index (χ0n) is 9.10. The number of halogens is 2. The SMILES string of the molecule is O=S(=O)(Nc1ccccc1F)c1ccccc1F. The lowest BCUT2D eigenvalue weighted by Crippen LogP contribution is -2.15. The molecule has 2 aromatic carbocycles. The summed E-state index contributed by atoms with van der Waals surface area (Å²) in [6.45, 7) is 0. The van der Waals surface area contributed by atoms with Gasteiger partial charge in [-0.2, -0.15) is 0 Å². The molecule has 0 heterocycles. The number of sulfonamides is 1. The summed E-state index contributed by atoms with van der Waals surface area (Å²) in [7, 11) is -4.13. The molecule has 0 aliphatic carbocycles. The minimum Gasteiger partial charge on any atom is -0.277 e. The Labute approximate surface area is 103 Å². The predicted octanol–water partition coefficient (Wildman–Crippen LogP) is 2.77. The molecule has 0 unspecified atom stereocenters. The average molecular weight is 269 g/mol. The summed E-state index contributed by atoms with van der Waals surface area (Å²) in [5.41, 5.74) is -0.222. The Bertz CT molecular complexity index is 671. The van der Waals surface area contributed by atoms with Gasteiger partial charge in [0.2, 0.25) is 0 Å².